The lowest BCUT2D eigenvalue weighted by Gasteiger charge is -2.13. The number of nitro benzene ring substituents is 1. The molecule has 114 valence electrons. The quantitative estimate of drug-likeness (QED) is 0.667. The van der Waals surface area contributed by atoms with Gasteiger partial charge in [0.15, 0.2) is 0 Å². The number of nitrogens with zero attached hydrogens (tertiary/aromatic N) is 1. The summed E-state index contributed by atoms with van der Waals surface area (Å²) in [4.78, 5) is 22.1. The lowest BCUT2D eigenvalue weighted by atomic mass is 10.1. The van der Waals surface area contributed by atoms with Crippen molar-refractivity contribution in [2.45, 2.75) is 6.54 Å². The van der Waals surface area contributed by atoms with Crippen LogP contribution in [0.5, 0.6) is 11.5 Å². The molecule has 0 aromatic heterocycles. The smallest absolute Gasteiger partial charge is 0.269 e. The molecule has 2 aromatic carbocycles. The van der Waals surface area contributed by atoms with E-state index in [4.69, 9.17) is 4.74 Å². The third-order valence-corrected chi connectivity index (χ3v) is 3.03. The van der Waals surface area contributed by atoms with Crippen LogP contribution < -0.4 is 15.2 Å². The number of rotatable bonds is 5. The van der Waals surface area contributed by atoms with Gasteiger partial charge in [0.25, 0.3) is 11.6 Å². The first kappa shape index (κ1) is 15.3. The van der Waals surface area contributed by atoms with E-state index >= 15 is 0 Å². The normalized spacial score (nSPS) is 10.0. The molecule has 2 rings (SSSR count). The minimum atomic E-state index is -0.590. The molecule has 0 radical (unpaired) electrons. The molecule has 0 aliphatic heterocycles. The van der Waals surface area contributed by atoms with Crippen LogP contribution in [0.4, 0.5) is 5.69 Å². The molecule has 0 atom stereocenters. The van der Waals surface area contributed by atoms with Gasteiger partial charge in [-0.2, -0.15) is 0 Å². The first-order valence-electron chi connectivity index (χ1n) is 6.38. The summed E-state index contributed by atoms with van der Waals surface area (Å²) in [7, 11) is 1.49. The van der Waals surface area contributed by atoms with E-state index in [1.807, 2.05) is 0 Å². The summed E-state index contributed by atoms with van der Waals surface area (Å²) in [6, 6.07) is 9.94. The Morgan fingerprint density at radius 3 is 2.73 bits per heavy atom. The van der Waals surface area contributed by atoms with Crippen molar-refractivity contribution in [1.82, 2.24) is 5.32 Å². The molecule has 1 N–H and O–H groups in total. The highest BCUT2D eigenvalue weighted by molar-refractivity contribution is 5.94. The maximum Gasteiger partial charge on any atom is 0.269 e. The Morgan fingerprint density at radius 1 is 1.27 bits per heavy atom. The summed E-state index contributed by atoms with van der Waals surface area (Å²) in [5.41, 5.74) is 0.341. The molecule has 0 fully saturated rings. The standard InChI is InChI=1S/C15H14N2O5/c1-22-13-4-2-3-10(8-13)15(19)16-9-11-7-12(17(20)21)5-6-14(11)18/h2-8,18H,9H2,1H3,(H,16,19)/p-1. The second-order valence-corrected chi connectivity index (χ2v) is 4.46. The van der Waals surface area contributed by atoms with Crippen molar-refractivity contribution in [1.29, 1.82) is 0 Å². The van der Waals surface area contributed by atoms with Gasteiger partial charge in [-0.1, -0.05) is 12.1 Å². The highest BCUT2D eigenvalue weighted by Gasteiger charge is 2.09. The van der Waals surface area contributed by atoms with E-state index in [0.29, 0.717) is 11.3 Å². The highest BCUT2D eigenvalue weighted by atomic mass is 16.6. The number of ether oxygens (including phenoxy) is 1. The molecule has 1 amide bonds. The molecule has 0 spiro atoms. The van der Waals surface area contributed by atoms with Gasteiger partial charge in [-0.3, -0.25) is 14.9 Å². The van der Waals surface area contributed by atoms with Crippen molar-refractivity contribution in [3.05, 3.63) is 63.7 Å². The molecule has 0 saturated carbocycles. The Balaban J connectivity index is 2.10. The van der Waals surface area contributed by atoms with Crippen LogP contribution in [0.15, 0.2) is 42.5 Å². The Kier molecular flexibility index (Phi) is 4.57. The predicted molar refractivity (Wildman–Crippen MR) is 76.7 cm³/mol. The van der Waals surface area contributed by atoms with Gasteiger partial charge in [0.1, 0.15) is 5.75 Å². The van der Waals surface area contributed by atoms with Gasteiger partial charge in [0.05, 0.1) is 12.0 Å². The molecule has 7 nitrogen and oxygen atoms in total. The Labute approximate surface area is 126 Å². The molecular weight excluding hydrogens is 288 g/mol. The fraction of sp³-hybridized carbons (Fsp3) is 0.133. The first-order chi connectivity index (χ1) is 10.5. The van der Waals surface area contributed by atoms with Crippen molar-refractivity contribution in [3.63, 3.8) is 0 Å². The number of carbonyl (C=O) groups is 1. The van der Waals surface area contributed by atoms with Crippen molar-refractivity contribution < 1.29 is 19.6 Å². The van der Waals surface area contributed by atoms with Crippen molar-refractivity contribution >= 4 is 11.6 Å². The average molecular weight is 301 g/mol. The minimum absolute atomic E-state index is 0.0867. The second-order valence-electron chi connectivity index (χ2n) is 4.46. The lowest BCUT2D eigenvalue weighted by Crippen LogP contribution is -2.23. The van der Waals surface area contributed by atoms with E-state index in [1.54, 1.807) is 24.3 Å². The summed E-state index contributed by atoms with van der Waals surface area (Å²) >= 11 is 0. The van der Waals surface area contributed by atoms with Gasteiger partial charge in [-0.15, -0.1) is 5.75 Å². The van der Waals surface area contributed by atoms with Crippen LogP contribution in [-0.4, -0.2) is 17.9 Å². The number of nitrogens with one attached hydrogen (secondary N) is 1. The predicted octanol–water partition coefficient (Wildman–Crippen LogP) is 1.61. The van der Waals surface area contributed by atoms with Crippen molar-refractivity contribution in [2.24, 2.45) is 0 Å². The molecule has 0 unspecified atom stereocenters. The van der Waals surface area contributed by atoms with Gasteiger partial charge >= 0.3 is 0 Å². The maximum absolute atomic E-state index is 12.0. The average Bonchev–Trinajstić information content (AvgIpc) is 2.53. The van der Waals surface area contributed by atoms with Gasteiger partial charge in [-0.05, 0) is 23.8 Å². The molecule has 2 aromatic rings. The molecule has 0 bridgehead atoms. The summed E-state index contributed by atoms with van der Waals surface area (Å²) in [6.45, 7) is -0.0867. The second kappa shape index (κ2) is 6.57. The van der Waals surface area contributed by atoms with E-state index in [1.165, 1.54) is 7.11 Å². The topological polar surface area (TPSA) is 105 Å². The zero-order valence-corrected chi connectivity index (χ0v) is 11.7. The van der Waals surface area contributed by atoms with Gasteiger partial charge in [-0.25, -0.2) is 0 Å². The fourth-order valence-electron chi connectivity index (χ4n) is 1.86. The lowest BCUT2D eigenvalue weighted by molar-refractivity contribution is -0.385. The van der Waals surface area contributed by atoms with Crippen molar-refractivity contribution in [2.75, 3.05) is 7.11 Å². The molecule has 7 heteroatoms. The third-order valence-electron chi connectivity index (χ3n) is 3.03. The summed E-state index contributed by atoms with van der Waals surface area (Å²) in [6.07, 6.45) is 0. The summed E-state index contributed by atoms with van der Waals surface area (Å²) in [5.74, 6) is -0.228. The number of nitro groups is 1. The van der Waals surface area contributed by atoms with E-state index in [9.17, 15) is 20.0 Å². The van der Waals surface area contributed by atoms with Crippen LogP contribution in [-0.2, 0) is 6.54 Å². The Hall–Kier alpha value is -3.09. The van der Waals surface area contributed by atoms with Crippen LogP contribution in [0.2, 0.25) is 0 Å². The van der Waals surface area contributed by atoms with E-state index < -0.39 is 10.8 Å². The fourth-order valence-corrected chi connectivity index (χ4v) is 1.86. The molecular formula is C15H13N2O5-. The molecule has 0 saturated heterocycles. The van der Waals surface area contributed by atoms with Crippen LogP contribution in [0.3, 0.4) is 0 Å². The van der Waals surface area contributed by atoms with Crippen LogP contribution in [0.1, 0.15) is 15.9 Å². The number of amides is 1. The van der Waals surface area contributed by atoms with Crippen LogP contribution in [0, 0.1) is 10.1 Å². The van der Waals surface area contributed by atoms with Gasteiger partial charge < -0.3 is 15.2 Å². The Morgan fingerprint density at radius 2 is 2.05 bits per heavy atom. The largest absolute Gasteiger partial charge is 0.872 e. The number of benzene rings is 2. The molecule has 0 heterocycles. The van der Waals surface area contributed by atoms with E-state index in [0.717, 1.165) is 18.2 Å². The molecule has 0 aliphatic rings. The minimum Gasteiger partial charge on any atom is -0.872 e. The number of carbonyl (C=O) groups excluding carboxylic acids is 1. The summed E-state index contributed by atoms with van der Waals surface area (Å²) < 4.78 is 5.02. The first-order valence-corrected chi connectivity index (χ1v) is 6.38. The number of hydrogen-bond acceptors (Lipinski definition) is 5. The monoisotopic (exact) mass is 301 g/mol. The van der Waals surface area contributed by atoms with Gasteiger partial charge in [0, 0.05) is 24.2 Å². The third kappa shape index (κ3) is 3.51. The highest BCUT2D eigenvalue weighted by Crippen LogP contribution is 2.21. The van der Waals surface area contributed by atoms with Crippen LogP contribution in [0.25, 0.3) is 0 Å². The number of hydrogen-bond donors (Lipinski definition) is 1. The number of methoxy groups -OCH3 is 1. The number of non-ortho nitro benzene ring substituents is 1. The zero-order chi connectivity index (χ0) is 16.1. The van der Waals surface area contributed by atoms with Crippen LogP contribution >= 0.6 is 0 Å². The van der Waals surface area contributed by atoms with Crippen molar-refractivity contribution in [3.8, 4) is 11.5 Å². The zero-order valence-electron chi connectivity index (χ0n) is 11.7. The van der Waals surface area contributed by atoms with E-state index in [-0.39, 0.29) is 23.5 Å². The molecule has 0 aliphatic carbocycles. The Bertz CT molecular complexity index is 715. The molecule has 22 heavy (non-hydrogen) atoms. The maximum atomic E-state index is 12.0. The SMILES string of the molecule is COc1cccc(C(=O)NCc2cc([N+](=O)[O-])ccc2[O-])c1. The van der Waals surface area contributed by atoms with Gasteiger partial charge in [0.2, 0.25) is 0 Å². The summed E-state index contributed by atoms with van der Waals surface area (Å²) in [5, 5.41) is 24.9. The van der Waals surface area contributed by atoms with E-state index in [2.05, 4.69) is 5.32 Å².